The maximum atomic E-state index is 11.7. The summed E-state index contributed by atoms with van der Waals surface area (Å²) in [5.74, 6) is 0.0315. The second-order valence-corrected chi connectivity index (χ2v) is 6.08. The number of carbonyl (C=O) groups is 1. The molecule has 0 spiro atoms. The van der Waals surface area contributed by atoms with Crippen LogP contribution in [0.4, 0.5) is 0 Å². The molecule has 94 valence electrons. The largest absolute Gasteiger partial charge is 0.354 e. The molecular weight excluding hydrogens is 220 g/mol. The zero-order chi connectivity index (χ0) is 12.0. The van der Waals surface area contributed by atoms with Gasteiger partial charge < -0.3 is 11.1 Å². The van der Waals surface area contributed by atoms with E-state index < -0.39 is 0 Å². The van der Waals surface area contributed by atoms with Crippen LogP contribution in [-0.2, 0) is 4.79 Å². The first kappa shape index (κ1) is 13.8. The Kier molecular flexibility index (Phi) is 5.62. The van der Waals surface area contributed by atoms with Crippen molar-refractivity contribution in [2.75, 3.05) is 19.3 Å². The van der Waals surface area contributed by atoms with Gasteiger partial charge in [-0.1, -0.05) is 26.2 Å². The quantitative estimate of drug-likeness (QED) is 0.775. The summed E-state index contributed by atoms with van der Waals surface area (Å²) < 4.78 is 0.280. The predicted molar refractivity (Wildman–Crippen MR) is 70.6 cm³/mol. The minimum atomic E-state index is -0.0671. The van der Waals surface area contributed by atoms with E-state index in [1.54, 1.807) is 0 Å². The van der Waals surface area contributed by atoms with E-state index in [0.29, 0.717) is 6.54 Å². The zero-order valence-electron chi connectivity index (χ0n) is 10.4. The zero-order valence-corrected chi connectivity index (χ0v) is 11.2. The smallest absolute Gasteiger partial charge is 0.224 e. The van der Waals surface area contributed by atoms with Gasteiger partial charge in [-0.05, 0) is 19.1 Å². The summed E-state index contributed by atoms with van der Waals surface area (Å²) in [4.78, 5) is 11.7. The van der Waals surface area contributed by atoms with Crippen molar-refractivity contribution in [2.24, 2.45) is 11.7 Å². The summed E-state index contributed by atoms with van der Waals surface area (Å²) in [5, 5.41) is 3.06. The molecule has 1 aliphatic carbocycles. The van der Waals surface area contributed by atoms with Gasteiger partial charge in [-0.3, -0.25) is 4.79 Å². The number of hydrogen-bond acceptors (Lipinski definition) is 3. The molecule has 0 bridgehead atoms. The fraction of sp³-hybridized carbons (Fsp3) is 0.917. The molecule has 1 unspecified atom stereocenters. The van der Waals surface area contributed by atoms with E-state index in [1.165, 1.54) is 32.1 Å². The molecule has 16 heavy (non-hydrogen) atoms. The van der Waals surface area contributed by atoms with Gasteiger partial charge in [0.05, 0.1) is 0 Å². The van der Waals surface area contributed by atoms with Crippen LogP contribution in [0.2, 0.25) is 0 Å². The monoisotopic (exact) mass is 244 g/mol. The number of rotatable bonds is 5. The van der Waals surface area contributed by atoms with Gasteiger partial charge in [0.15, 0.2) is 0 Å². The molecule has 4 heteroatoms. The molecule has 1 aliphatic rings. The molecule has 1 saturated carbocycles. The highest BCUT2D eigenvalue weighted by molar-refractivity contribution is 8.00. The van der Waals surface area contributed by atoms with Gasteiger partial charge in [-0.2, -0.15) is 11.8 Å². The molecular formula is C12H24N2OS. The Bertz CT molecular complexity index is 227. The van der Waals surface area contributed by atoms with Crippen LogP contribution in [0.1, 0.15) is 39.0 Å². The molecule has 1 fully saturated rings. The Morgan fingerprint density at radius 3 is 2.56 bits per heavy atom. The molecule has 0 aromatic rings. The molecule has 0 aromatic heterocycles. The number of thioether (sulfide) groups is 1. The van der Waals surface area contributed by atoms with E-state index >= 15 is 0 Å². The molecule has 0 heterocycles. The lowest BCUT2D eigenvalue weighted by molar-refractivity contribution is -0.124. The summed E-state index contributed by atoms with van der Waals surface area (Å²) in [7, 11) is 0. The SMILES string of the molecule is CSC1(CNC(=O)C(C)CN)CCCCC1. The number of carbonyl (C=O) groups excluding carboxylic acids is 1. The summed E-state index contributed by atoms with van der Waals surface area (Å²) >= 11 is 1.91. The van der Waals surface area contributed by atoms with Crippen molar-refractivity contribution in [1.82, 2.24) is 5.32 Å². The molecule has 0 saturated heterocycles. The third-order valence-corrected chi connectivity index (χ3v) is 5.00. The second kappa shape index (κ2) is 6.50. The van der Waals surface area contributed by atoms with Gasteiger partial charge >= 0.3 is 0 Å². The van der Waals surface area contributed by atoms with Crippen LogP contribution in [0.5, 0.6) is 0 Å². The van der Waals surface area contributed by atoms with E-state index in [9.17, 15) is 4.79 Å². The van der Waals surface area contributed by atoms with Gasteiger partial charge in [-0.25, -0.2) is 0 Å². The Labute approximate surface area is 103 Å². The molecule has 0 aliphatic heterocycles. The van der Waals surface area contributed by atoms with Crippen LogP contribution in [0.25, 0.3) is 0 Å². The fourth-order valence-electron chi connectivity index (χ4n) is 2.18. The molecule has 0 radical (unpaired) electrons. The molecule has 1 rings (SSSR count). The van der Waals surface area contributed by atoms with E-state index in [0.717, 1.165) is 6.54 Å². The van der Waals surface area contributed by atoms with Crippen LogP contribution >= 0.6 is 11.8 Å². The topological polar surface area (TPSA) is 55.1 Å². The first-order valence-electron chi connectivity index (χ1n) is 6.16. The van der Waals surface area contributed by atoms with Crippen molar-refractivity contribution in [3.8, 4) is 0 Å². The fourth-order valence-corrected chi connectivity index (χ4v) is 3.09. The third-order valence-electron chi connectivity index (χ3n) is 3.58. The average Bonchev–Trinajstić information content (AvgIpc) is 2.36. The number of nitrogens with two attached hydrogens (primary N) is 1. The summed E-state index contributed by atoms with van der Waals surface area (Å²) in [6.07, 6.45) is 8.54. The number of nitrogens with one attached hydrogen (secondary N) is 1. The van der Waals surface area contributed by atoms with E-state index in [-0.39, 0.29) is 16.6 Å². The minimum absolute atomic E-state index is 0.0671. The third kappa shape index (κ3) is 3.67. The van der Waals surface area contributed by atoms with Crippen molar-refractivity contribution in [2.45, 2.75) is 43.8 Å². The van der Waals surface area contributed by atoms with Crippen molar-refractivity contribution >= 4 is 17.7 Å². The van der Waals surface area contributed by atoms with Crippen molar-refractivity contribution in [3.63, 3.8) is 0 Å². The molecule has 1 atom stereocenters. The summed E-state index contributed by atoms with van der Waals surface area (Å²) in [6, 6.07) is 0. The van der Waals surface area contributed by atoms with Gasteiger partial charge in [-0.15, -0.1) is 0 Å². The normalized spacial score (nSPS) is 21.4. The highest BCUT2D eigenvalue weighted by Gasteiger charge is 2.31. The van der Waals surface area contributed by atoms with Crippen molar-refractivity contribution < 1.29 is 4.79 Å². The van der Waals surface area contributed by atoms with Crippen LogP contribution in [0.3, 0.4) is 0 Å². The second-order valence-electron chi connectivity index (χ2n) is 4.80. The summed E-state index contributed by atoms with van der Waals surface area (Å²) in [6.45, 7) is 3.11. The first-order chi connectivity index (χ1) is 7.63. The highest BCUT2D eigenvalue weighted by Crippen LogP contribution is 2.37. The molecule has 1 amide bonds. The lowest BCUT2D eigenvalue weighted by Gasteiger charge is -2.36. The van der Waals surface area contributed by atoms with Crippen LogP contribution < -0.4 is 11.1 Å². The van der Waals surface area contributed by atoms with E-state index in [2.05, 4.69) is 11.6 Å². The highest BCUT2D eigenvalue weighted by atomic mass is 32.2. The number of amides is 1. The Morgan fingerprint density at radius 1 is 1.44 bits per heavy atom. The Morgan fingerprint density at radius 2 is 2.06 bits per heavy atom. The van der Waals surface area contributed by atoms with Gasteiger partial charge in [0.2, 0.25) is 5.91 Å². The van der Waals surface area contributed by atoms with Crippen LogP contribution in [0.15, 0.2) is 0 Å². The molecule has 3 N–H and O–H groups in total. The summed E-state index contributed by atoms with van der Waals surface area (Å²) in [5.41, 5.74) is 5.48. The predicted octanol–water partition coefficient (Wildman–Crippen LogP) is 1.76. The molecule has 3 nitrogen and oxygen atoms in total. The van der Waals surface area contributed by atoms with Crippen molar-refractivity contribution in [3.05, 3.63) is 0 Å². The lowest BCUT2D eigenvalue weighted by atomic mass is 9.88. The maximum absolute atomic E-state index is 11.7. The van der Waals surface area contributed by atoms with Gasteiger partial charge in [0, 0.05) is 23.8 Å². The van der Waals surface area contributed by atoms with E-state index in [1.807, 2.05) is 18.7 Å². The van der Waals surface area contributed by atoms with Crippen LogP contribution in [0, 0.1) is 5.92 Å². The van der Waals surface area contributed by atoms with Crippen molar-refractivity contribution in [1.29, 1.82) is 0 Å². The standard InChI is InChI=1S/C12H24N2OS/c1-10(8-13)11(15)14-9-12(16-2)6-4-3-5-7-12/h10H,3-9,13H2,1-2H3,(H,14,15). The van der Waals surface area contributed by atoms with E-state index in [4.69, 9.17) is 5.73 Å². The average molecular weight is 244 g/mol. The molecule has 0 aromatic carbocycles. The number of hydrogen-bond donors (Lipinski definition) is 2. The minimum Gasteiger partial charge on any atom is -0.354 e. The first-order valence-corrected chi connectivity index (χ1v) is 7.39. The maximum Gasteiger partial charge on any atom is 0.224 e. The van der Waals surface area contributed by atoms with Gasteiger partial charge in [0.25, 0.3) is 0 Å². The Hall–Kier alpha value is -0.220. The lowest BCUT2D eigenvalue weighted by Crippen LogP contribution is -2.44. The van der Waals surface area contributed by atoms with Gasteiger partial charge in [0.1, 0.15) is 0 Å². The Balaban J connectivity index is 2.41. The van der Waals surface area contributed by atoms with Crippen LogP contribution in [-0.4, -0.2) is 30.0 Å².